The van der Waals surface area contributed by atoms with E-state index in [1.807, 2.05) is 58.0 Å². The van der Waals surface area contributed by atoms with Crippen molar-refractivity contribution in [2.45, 2.75) is 65.8 Å². The summed E-state index contributed by atoms with van der Waals surface area (Å²) in [7, 11) is 0. The highest BCUT2D eigenvalue weighted by Crippen LogP contribution is 2.18. The zero-order valence-corrected chi connectivity index (χ0v) is 25.8. The molecule has 3 rings (SSSR count). The highest BCUT2D eigenvalue weighted by Gasteiger charge is 2.38. The lowest BCUT2D eigenvalue weighted by molar-refractivity contribution is -0.136. The Labute approximate surface area is 258 Å². The Morgan fingerprint density at radius 2 is 1.59 bits per heavy atom. The smallest absolute Gasteiger partial charge is 0.408 e. The Morgan fingerprint density at radius 1 is 0.909 bits per heavy atom. The number of carbonyl (C=O) groups excluding carboxylic acids is 5. The Hall–Kier alpha value is -4.48. The molecule has 3 N–H and O–H groups in total. The van der Waals surface area contributed by atoms with E-state index in [-0.39, 0.29) is 56.4 Å². The fraction of sp³-hybridized carbons (Fsp3) is 0.500. The van der Waals surface area contributed by atoms with Crippen molar-refractivity contribution in [3.05, 3.63) is 66.0 Å². The number of hydrogen-bond acceptors (Lipinski definition) is 8. The second-order valence-electron chi connectivity index (χ2n) is 11.7. The normalized spacial score (nSPS) is 15.9. The number of amides is 4. The molecular weight excluding hydrogens is 566 g/mol. The minimum atomic E-state index is -0.941. The van der Waals surface area contributed by atoms with Crippen molar-refractivity contribution < 1.29 is 33.4 Å². The van der Waals surface area contributed by atoms with E-state index in [9.17, 15) is 24.0 Å². The summed E-state index contributed by atoms with van der Waals surface area (Å²) in [5.41, 5.74) is 1.40. The average molecular weight is 610 g/mol. The minimum absolute atomic E-state index is 0.00498. The van der Waals surface area contributed by atoms with Crippen LogP contribution in [-0.4, -0.2) is 71.4 Å². The van der Waals surface area contributed by atoms with E-state index in [0.29, 0.717) is 18.5 Å². The van der Waals surface area contributed by atoms with Gasteiger partial charge in [0.15, 0.2) is 5.78 Å². The van der Waals surface area contributed by atoms with E-state index >= 15 is 0 Å². The third-order valence-corrected chi connectivity index (χ3v) is 6.97. The number of pyridine rings is 1. The zero-order valence-electron chi connectivity index (χ0n) is 25.8. The van der Waals surface area contributed by atoms with E-state index < -0.39 is 36.1 Å². The van der Waals surface area contributed by atoms with Gasteiger partial charge in [0.1, 0.15) is 25.3 Å². The highest BCUT2D eigenvalue weighted by atomic mass is 16.6. The second kappa shape index (κ2) is 17.0. The van der Waals surface area contributed by atoms with Crippen LogP contribution < -0.4 is 16.0 Å². The summed E-state index contributed by atoms with van der Waals surface area (Å²) in [6.45, 7) is 7.67. The largest absolute Gasteiger partial charge is 0.445 e. The van der Waals surface area contributed by atoms with Crippen molar-refractivity contribution in [1.29, 1.82) is 0 Å². The first kappa shape index (κ1) is 34.0. The van der Waals surface area contributed by atoms with Gasteiger partial charge in [0, 0.05) is 19.3 Å². The Balaban J connectivity index is 1.54. The van der Waals surface area contributed by atoms with Crippen molar-refractivity contribution in [2.24, 2.45) is 17.8 Å². The highest BCUT2D eigenvalue weighted by molar-refractivity contribution is 5.97. The van der Waals surface area contributed by atoms with Crippen LogP contribution in [0, 0.1) is 17.8 Å². The lowest BCUT2D eigenvalue weighted by atomic mass is 9.95. The molecule has 1 aliphatic rings. The number of benzene rings is 1. The maximum absolute atomic E-state index is 13.5. The van der Waals surface area contributed by atoms with E-state index in [1.54, 1.807) is 24.4 Å². The van der Waals surface area contributed by atoms with Crippen molar-refractivity contribution in [3.8, 4) is 0 Å². The molecule has 238 valence electrons. The number of rotatable bonds is 14. The first-order valence-electron chi connectivity index (χ1n) is 14.9. The van der Waals surface area contributed by atoms with E-state index in [1.165, 1.54) is 4.90 Å². The van der Waals surface area contributed by atoms with Gasteiger partial charge in [-0.15, -0.1) is 0 Å². The maximum atomic E-state index is 13.5. The molecule has 1 fully saturated rings. The zero-order chi connectivity index (χ0) is 32.1. The quantitative estimate of drug-likeness (QED) is 0.295. The third-order valence-electron chi connectivity index (χ3n) is 6.97. The van der Waals surface area contributed by atoms with Gasteiger partial charge < -0.3 is 30.3 Å². The van der Waals surface area contributed by atoms with Gasteiger partial charge in [-0.3, -0.25) is 19.4 Å². The molecule has 1 aromatic carbocycles. The SMILES string of the molecule is CC(C)C[C@@H](CNC(=O)OCc1ccccc1)C(=O)N1CC(=O)C(NC(=O)[C@H](CC(C)C)NC(=O)OCc2ccccn2)C1. The van der Waals surface area contributed by atoms with Gasteiger partial charge in [-0.2, -0.15) is 0 Å². The van der Waals surface area contributed by atoms with Crippen molar-refractivity contribution in [3.63, 3.8) is 0 Å². The van der Waals surface area contributed by atoms with Gasteiger partial charge in [-0.05, 0) is 42.4 Å². The topological polar surface area (TPSA) is 156 Å². The van der Waals surface area contributed by atoms with Crippen molar-refractivity contribution >= 4 is 29.8 Å². The lowest BCUT2D eigenvalue weighted by Gasteiger charge is -2.25. The third kappa shape index (κ3) is 11.3. The molecule has 0 radical (unpaired) electrons. The number of hydrogen-bond donors (Lipinski definition) is 3. The van der Waals surface area contributed by atoms with Gasteiger partial charge in [-0.25, -0.2) is 9.59 Å². The number of Topliss-reactive ketones (excluding diaryl/α,β-unsaturated/α-hetero) is 1. The summed E-state index contributed by atoms with van der Waals surface area (Å²) in [6.07, 6.45) is 0.968. The molecule has 12 heteroatoms. The molecule has 0 saturated carbocycles. The molecule has 1 aliphatic heterocycles. The second-order valence-corrected chi connectivity index (χ2v) is 11.7. The lowest BCUT2D eigenvalue weighted by Crippen LogP contribution is -2.52. The number of carbonyl (C=O) groups is 5. The predicted octanol–water partition coefficient (Wildman–Crippen LogP) is 3.21. The number of aromatic nitrogens is 1. The number of nitrogens with one attached hydrogen (secondary N) is 3. The van der Waals surface area contributed by atoms with Crippen LogP contribution >= 0.6 is 0 Å². The molecule has 4 amide bonds. The summed E-state index contributed by atoms with van der Waals surface area (Å²) in [6, 6.07) is 12.6. The predicted molar refractivity (Wildman–Crippen MR) is 162 cm³/mol. The Morgan fingerprint density at radius 3 is 2.25 bits per heavy atom. The average Bonchev–Trinajstić information content (AvgIpc) is 3.36. The molecule has 12 nitrogen and oxygen atoms in total. The number of likely N-dealkylation sites (tertiary alicyclic amines) is 1. The number of alkyl carbamates (subject to hydrolysis) is 2. The van der Waals surface area contributed by atoms with E-state index in [4.69, 9.17) is 9.47 Å². The summed E-state index contributed by atoms with van der Waals surface area (Å²) in [5, 5.41) is 7.96. The van der Waals surface area contributed by atoms with Gasteiger partial charge in [0.05, 0.1) is 18.2 Å². The van der Waals surface area contributed by atoms with Crippen molar-refractivity contribution in [1.82, 2.24) is 25.8 Å². The summed E-state index contributed by atoms with van der Waals surface area (Å²) in [4.78, 5) is 69.7. The Bertz CT molecular complexity index is 1260. The van der Waals surface area contributed by atoms with Crippen LogP contribution in [-0.2, 0) is 37.1 Å². The van der Waals surface area contributed by atoms with E-state index in [2.05, 4.69) is 20.9 Å². The first-order valence-corrected chi connectivity index (χ1v) is 14.9. The maximum Gasteiger partial charge on any atom is 0.408 e. The number of ketones is 1. The molecule has 0 spiro atoms. The van der Waals surface area contributed by atoms with Crippen LogP contribution in [0.15, 0.2) is 54.7 Å². The number of ether oxygens (including phenoxy) is 2. The number of nitrogens with zero attached hydrogens (tertiary/aromatic N) is 2. The summed E-state index contributed by atoms with van der Waals surface area (Å²) in [5.74, 6) is -1.51. The van der Waals surface area contributed by atoms with Gasteiger partial charge >= 0.3 is 12.2 Å². The van der Waals surface area contributed by atoms with Gasteiger partial charge in [0.25, 0.3) is 0 Å². The Kier molecular flexibility index (Phi) is 13.1. The molecule has 3 atom stereocenters. The monoisotopic (exact) mass is 609 g/mol. The van der Waals surface area contributed by atoms with Crippen LogP contribution in [0.25, 0.3) is 0 Å². The van der Waals surface area contributed by atoms with Crippen LogP contribution in [0.3, 0.4) is 0 Å². The standard InChI is InChI=1S/C32H43N5O7/c1-21(2)14-24(16-34-31(41)43-19-23-10-6-5-7-11-23)30(40)37-17-27(28(38)18-37)35-29(39)26(15-22(3)4)36-32(42)44-20-25-12-8-9-13-33-25/h5-13,21-22,24,26-27H,14-20H2,1-4H3,(H,34,41)(H,35,39)(H,36,42)/t24-,26-,27?/m0/s1. The molecule has 1 unspecified atom stereocenters. The molecule has 44 heavy (non-hydrogen) atoms. The fourth-order valence-corrected chi connectivity index (χ4v) is 4.84. The van der Waals surface area contributed by atoms with Gasteiger partial charge in [-0.1, -0.05) is 64.1 Å². The summed E-state index contributed by atoms with van der Waals surface area (Å²) >= 11 is 0. The summed E-state index contributed by atoms with van der Waals surface area (Å²) < 4.78 is 10.5. The van der Waals surface area contributed by atoms with Gasteiger partial charge in [0.2, 0.25) is 11.8 Å². The minimum Gasteiger partial charge on any atom is -0.445 e. The molecule has 0 bridgehead atoms. The van der Waals surface area contributed by atoms with Crippen LogP contribution in [0.2, 0.25) is 0 Å². The van der Waals surface area contributed by atoms with Crippen LogP contribution in [0.1, 0.15) is 51.8 Å². The molecule has 0 aliphatic carbocycles. The van der Waals surface area contributed by atoms with Crippen molar-refractivity contribution in [2.75, 3.05) is 19.6 Å². The molecule has 2 aromatic rings. The molecular formula is C32H43N5O7. The van der Waals surface area contributed by atoms with E-state index in [0.717, 1.165) is 5.56 Å². The van der Waals surface area contributed by atoms with Crippen LogP contribution in [0.4, 0.5) is 9.59 Å². The molecule has 1 aromatic heterocycles. The van der Waals surface area contributed by atoms with Crippen LogP contribution in [0.5, 0.6) is 0 Å². The fourth-order valence-electron chi connectivity index (χ4n) is 4.84. The molecule has 2 heterocycles. The molecule has 1 saturated heterocycles. The first-order chi connectivity index (χ1) is 21.0.